The molecule has 1 N–H and O–H groups in total. The summed E-state index contributed by atoms with van der Waals surface area (Å²) in [4.78, 5) is 10.1. The van der Waals surface area contributed by atoms with Crippen LogP contribution in [-0.2, 0) is 16.1 Å². The maximum Gasteiger partial charge on any atom is 0.293 e. The van der Waals surface area contributed by atoms with Gasteiger partial charge in [0.05, 0.1) is 5.52 Å². The fourth-order valence-corrected chi connectivity index (χ4v) is 1.90. The van der Waals surface area contributed by atoms with Crippen LogP contribution in [-0.4, -0.2) is 16.7 Å². The number of benzene rings is 1. The van der Waals surface area contributed by atoms with E-state index in [9.17, 15) is 9.18 Å². The number of rotatable bonds is 3. The highest BCUT2D eigenvalue weighted by Gasteiger charge is 2.13. The standard InChI is InChI=1S/C9H6BrFN2O2/c10-9-8-5(3-15-4-14)6(11)1-2-7(8)12-13-9/h1-2,4H,3H2,(H,12,13). The van der Waals surface area contributed by atoms with E-state index in [1.807, 2.05) is 0 Å². The van der Waals surface area contributed by atoms with Crippen molar-refractivity contribution in [2.24, 2.45) is 0 Å². The lowest BCUT2D eigenvalue weighted by Crippen LogP contribution is -1.95. The van der Waals surface area contributed by atoms with Gasteiger partial charge in [-0.15, -0.1) is 0 Å². The first-order valence-corrected chi connectivity index (χ1v) is 4.89. The molecule has 1 aromatic carbocycles. The average Bonchev–Trinajstić information content (AvgIpc) is 2.60. The van der Waals surface area contributed by atoms with Crippen LogP contribution in [0.4, 0.5) is 4.39 Å². The Hall–Kier alpha value is -1.43. The van der Waals surface area contributed by atoms with Crippen molar-refractivity contribution in [1.82, 2.24) is 10.2 Å². The number of ether oxygens (including phenoxy) is 1. The highest BCUT2D eigenvalue weighted by atomic mass is 79.9. The highest BCUT2D eigenvalue weighted by molar-refractivity contribution is 9.10. The topological polar surface area (TPSA) is 55.0 Å². The molecule has 2 aromatic rings. The first-order valence-electron chi connectivity index (χ1n) is 4.10. The predicted molar refractivity (Wildman–Crippen MR) is 54.6 cm³/mol. The first-order chi connectivity index (χ1) is 7.24. The van der Waals surface area contributed by atoms with Gasteiger partial charge in [0.1, 0.15) is 17.0 Å². The van der Waals surface area contributed by atoms with Gasteiger partial charge in [-0.25, -0.2) is 4.39 Å². The van der Waals surface area contributed by atoms with Gasteiger partial charge in [-0.2, -0.15) is 5.10 Å². The van der Waals surface area contributed by atoms with Crippen LogP contribution in [0.25, 0.3) is 10.9 Å². The number of hydrogen-bond acceptors (Lipinski definition) is 3. The van der Waals surface area contributed by atoms with Crippen LogP contribution >= 0.6 is 15.9 Å². The van der Waals surface area contributed by atoms with Crippen LogP contribution in [0.3, 0.4) is 0 Å². The molecule has 0 aliphatic heterocycles. The molecule has 0 radical (unpaired) electrons. The van der Waals surface area contributed by atoms with Crippen molar-refractivity contribution in [3.05, 3.63) is 28.1 Å². The Labute approximate surface area is 92.5 Å². The zero-order chi connectivity index (χ0) is 10.8. The van der Waals surface area contributed by atoms with Crippen molar-refractivity contribution in [2.45, 2.75) is 6.61 Å². The Morgan fingerprint density at radius 2 is 2.40 bits per heavy atom. The fraction of sp³-hybridized carbons (Fsp3) is 0.111. The van der Waals surface area contributed by atoms with Gasteiger partial charge in [0.25, 0.3) is 6.47 Å². The Morgan fingerprint density at radius 1 is 1.60 bits per heavy atom. The van der Waals surface area contributed by atoms with Crippen LogP contribution < -0.4 is 0 Å². The number of halogens is 2. The van der Waals surface area contributed by atoms with E-state index >= 15 is 0 Å². The summed E-state index contributed by atoms with van der Waals surface area (Å²) in [7, 11) is 0. The van der Waals surface area contributed by atoms with E-state index in [1.165, 1.54) is 6.07 Å². The van der Waals surface area contributed by atoms with Gasteiger partial charge in [-0.1, -0.05) is 0 Å². The number of aromatic amines is 1. The van der Waals surface area contributed by atoms with E-state index in [0.717, 1.165) is 0 Å². The Balaban J connectivity index is 2.61. The van der Waals surface area contributed by atoms with E-state index in [-0.39, 0.29) is 13.1 Å². The molecule has 1 aromatic heterocycles. The second-order valence-electron chi connectivity index (χ2n) is 2.86. The third-order valence-corrected chi connectivity index (χ3v) is 2.60. The van der Waals surface area contributed by atoms with Crippen molar-refractivity contribution in [3.8, 4) is 0 Å². The van der Waals surface area contributed by atoms with Gasteiger partial charge in [0.2, 0.25) is 0 Å². The molecule has 0 atom stereocenters. The van der Waals surface area contributed by atoms with Gasteiger partial charge < -0.3 is 4.74 Å². The number of fused-ring (bicyclic) bond motifs is 1. The molecule has 0 saturated heterocycles. The molecule has 1 heterocycles. The van der Waals surface area contributed by atoms with Crippen molar-refractivity contribution in [1.29, 1.82) is 0 Å². The smallest absolute Gasteiger partial charge is 0.293 e. The van der Waals surface area contributed by atoms with Gasteiger partial charge in [-0.3, -0.25) is 9.89 Å². The normalized spacial score (nSPS) is 10.5. The summed E-state index contributed by atoms with van der Waals surface area (Å²) in [6, 6.07) is 2.84. The molecule has 0 spiro atoms. The minimum Gasteiger partial charge on any atom is -0.463 e. The van der Waals surface area contributed by atoms with Crippen LogP contribution in [0.5, 0.6) is 0 Å². The third-order valence-electron chi connectivity index (χ3n) is 2.02. The largest absolute Gasteiger partial charge is 0.463 e. The summed E-state index contributed by atoms with van der Waals surface area (Å²) < 4.78 is 18.6. The molecule has 0 saturated carbocycles. The van der Waals surface area contributed by atoms with Crippen LogP contribution in [0.15, 0.2) is 16.7 Å². The van der Waals surface area contributed by atoms with Crippen LogP contribution in [0.2, 0.25) is 0 Å². The number of hydrogen-bond donors (Lipinski definition) is 1. The molecule has 0 bridgehead atoms. The van der Waals surface area contributed by atoms with E-state index in [4.69, 9.17) is 0 Å². The second-order valence-corrected chi connectivity index (χ2v) is 3.66. The zero-order valence-electron chi connectivity index (χ0n) is 7.46. The van der Waals surface area contributed by atoms with E-state index < -0.39 is 5.82 Å². The van der Waals surface area contributed by atoms with Crippen LogP contribution in [0, 0.1) is 5.82 Å². The summed E-state index contributed by atoms with van der Waals surface area (Å²) in [5.41, 5.74) is 0.924. The lowest BCUT2D eigenvalue weighted by Gasteiger charge is -2.03. The molecule has 4 nitrogen and oxygen atoms in total. The summed E-state index contributed by atoms with van der Waals surface area (Å²) >= 11 is 3.22. The molecule has 0 fully saturated rings. The SMILES string of the molecule is O=COCc1c(F)ccc2n[nH]c(Br)c12. The van der Waals surface area contributed by atoms with E-state index in [2.05, 4.69) is 30.9 Å². The number of H-pyrrole nitrogens is 1. The Morgan fingerprint density at radius 3 is 3.13 bits per heavy atom. The summed E-state index contributed by atoms with van der Waals surface area (Å²) in [6.07, 6.45) is 0. The van der Waals surface area contributed by atoms with Crippen molar-refractivity contribution >= 4 is 33.3 Å². The van der Waals surface area contributed by atoms with Gasteiger partial charge in [-0.05, 0) is 28.1 Å². The molecular weight excluding hydrogens is 267 g/mol. The molecule has 0 aliphatic rings. The molecule has 6 heteroatoms. The number of nitrogens with zero attached hydrogens (tertiary/aromatic N) is 1. The minimum absolute atomic E-state index is 0.106. The number of aromatic nitrogens is 2. The summed E-state index contributed by atoms with van der Waals surface area (Å²) in [6.45, 7) is 0.178. The summed E-state index contributed by atoms with van der Waals surface area (Å²) in [5.74, 6) is -0.425. The maximum atomic E-state index is 13.4. The van der Waals surface area contributed by atoms with E-state index in [0.29, 0.717) is 21.1 Å². The molecule has 2 rings (SSSR count). The minimum atomic E-state index is -0.425. The first kappa shape index (κ1) is 10.1. The number of carbonyl (C=O) groups is 1. The Kier molecular flexibility index (Phi) is 2.68. The van der Waals surface area contributed by atoms with Gasteiger partial charge in [0.15, 0.2) is 0 Å². The molecule has 15 heavy (non-hydrogen) atoms. The van der Waals surface area contributed by atoms with Crippen molar-refractivity contribution < 1.29 is 13.9 Å². The second kappa shape index (κ2) is 3.98. The molecule has 0 amide bonds. The Bertz CT molecular complexity index is 512. The van der Waals surface area contributed by atoms with Gasteiger partial charge in [0, 0.05) is 10.9 Å². The lowest BCUT2D eigenvalue weighted by molar-refractivity contribution is -0.129. The van der Waals surface area contributed by atoms with Gasteiger partial charge >= 0.3 is 0 Å². The molecule has 0 unspecified atom stereocenters. The molecule has 78 valence electrons. The zero-order valence-corrected chi connectivity index (χ0v) is 9.04. The molecule has 0 aliphatic carbocycles. The number of nitrogens with one attached hydrogen (secondary N) is 1. The fourth-order valence-electron chi connectivity index (χ4n) is 1.37. The quantitative estimate of drug-likeness (QED) is 0.871. The lowest BCUT2D eigenvalue weighted by atomic mass is 10.1. The number of carbonyl (C=O) groups excluding carboxylic acids is 1. The average molecular weight is 273 g/mol. The third kappa shape index (κ3) is 1.72. The van der Waals surface area contributed by atoms with Crippen molar-refractivity contribution in [3.63, 3.8) is 0 Å². The van der Waals surface area contributed by atoms with Crippen molar-refractivity contribution in [2.75, 3.05) is 0 Å². The highest BCUT2D eigenvalue weighted by Crippen LogP contribution is 2.27. The predicted octanol–water partition coefficient (Wildman–Crippen LogP) is 2.14. The van der Waals surface area contributed by atoms with E-state index in [1.54, 1.807) is 6.07 Å². The van der Waals surface area contributed by atoms with Crippen LogP contribution in [0.1, 0.15) is 5.56 Å². The molecular formula is C9H6BrFN2O2. The summed E-state index contributed by atoms with van der Waals surface area (Å²) in [5, 5.41) is 7.22. The maximum absolute atomic E-state index is 13.4. The monoisotopic (exact) mass is 272 g/mol.